The van der Waals surface area contributed by atoms with Crippen molar-refractivity contribution in [3.8, 4) is 0 Å². The van der Waals surface area contributed by atoms with Crippen LogP contribution in [-0.4, -0.2) is 79.0 Å². The molecule has 10 nitrogen and oxygen atoms in total. The van der Waals surface area contributed by atoms with E-state index in [-0.39, 0.29) is 11.3 Å². The number of ether oxygens (including phenoxy) is 1. The summed E-state index contributed by atoms with van der Waals surface area (Å²) < 4.78 is 4.62. The van der Waals surface area contributed by atoms with Gasteiger partial charge in [0, 0.05) is 38.4 Å². The van der Waals surface area contributed by atoms with Gasteiger partial charge in [-0.1, -0.05) is 18.2 Å². The summed E-state index contributed by atoms with van der Waals surface area (Å²) in [5.41, 5.74) is 2.60. The monoisotopic (exact) mass is 432 g/mol. The van der Waals surface area contributed by atoms with Crippen molar-refractivity contribution >= 4 is 23.7 Å². The summed E-state index contributed by atoms with van der Waals surface area (Å²) in [6.45, 7) is 2.63. The molecular formula is C21H28N4O6. The quantitative estimate of drug-likeness (QED) is 0.412. The van der Waals surface area contributed by atoms with Gasteiger partial charge in [0.15, 0.2) is 0 Å². The fourth-order valence-corrected chi connectivity index (χ4v) is 4.66. The minimum atomic E-state index is -1.01. The average molecular weight is 432 g/mol. The maximum Gasteiger partial charge on any atom is 0.527 e. The van der Waals surface area contributed by atoms with Crippen molar-refractivity contribution in [1.82, 2.24) is 15.4 Å². The molecule has 2 aliphatic heterocycles. The predicted octanol–water partition coefficient (Wildman–Crippen LogP) is 1.01. The van der Waals surface area contributed by atoms with Crippen molar-refractivity contribution in [3.05, 3.63) is 30.3 Å². The molecule has 1 aliphatic carbocycles. The Kier molecular flexibility index (Phi) is 6.01. The lowest BCUT2D eigenvalue weighted by Gasteiger charge is -2.44. The molecule has 0 radical (unpaired) electrons. The number of carbonyl (C=O) groups excluding carboxylic acids is 3. The number of benzene rings is 1. The molecule has 31 heavy (non-hydrogen) atoms. The maximum atomic E-state index is 13.5. The van der Waals surface area contributed by atoms with Crippen molar-refractivity contribution in [1.29, 1.82) is 0 Å². The smallest absolute Gasteiger partial charge is 0.436 e. The number of hydroxylamine groups is 3. The summed E-state index contributed by atoms with van der Waals surface area (Å²) in [7, 11) is 1.19. The molecule has 1 spiro atoms. The second-order valence-electron chi connectivity index (χ2n) is 8.50. The highest BCUT2D eigenvalue weighted by atomic mass is 16.8. The summed E-state index contributed by atoms with van der Waals surface area (Å²) in [4.78, 5) is 47.0. The minimum absolute atomic E-state index is 0.187. The zero-order chi connectivity index (χ0) is 22.0. The van der Waals surface area contributed by atoms with Crippen molar-refractivity contribution in [2.75, 3.05) is 44.7 Å². The number of piperazine rings is 1. The molecule has 1 aromatic rings. The number of nitrogens with zero attached hydrogens (tertiary/aromatic N) is 3. The van der Waals surface area contributed by atoms with E-state index in [1.807, 2.05) is 30.3 Å². The van der Waals surface area contributed by atoms with Gasteiger partial charge in [-0.05, 0) is 36.8 Å². The number of piperidine rings is 1. The van der Waals surface area contributed by atoms with Crippen LogP contribution in [0.1, 0.15) is 19.3 Å². The van der Waals surface area contributed by atoms with Crippen molar-refractivity contribution in [2.24, 2.45) is 11.3 Å². The van der Waals surface area contributed by atoms with Crippen LogP contribution in [0.5, 0.6) is 0 Å². The molecule has 1 saturated carbocycles. The molecule has 2 saturated heterocycles. The van der Waals surface area contributed by atoms with Gasteiger partial charge < -0.3 is 19.4 Å². The van der Waals surface area contributed by atoms with Crippen LogP contribution in [0.4, 0.5) is 10.5 Å². The first-order valence-corrected chi connectivity index (χ1v) is 10.5. The Morgan fingerprint density at radius 1 is 1.10 bits per heavy atom. The largest absolute Gasteiger partial charge is 0.527 e. The van der Waals surface area contributed by atoms with Gasteiger partial charge in [-0.3, -0.25) is 14.8 Å². The molecule has 2 amide bonds. The van der Waals surface area contributed by atoms with Crippen LogP contribution in [-0.2, 0) is 19.2 Å². The van der Waals surface area contributed by atoms with Crippen LogP contribution in [0.25, 0.3) is 0 Å². The molecule has 0 unspecified atom stereocenters. The topological polar surface area (TPSA) is 112 Å². The number of para-hydroxylation sites is 1. The Labute approximate surface area is 180 Å². The third-order valence-corrected chi connectivity index (χ3v) is 6.56. The van der Waals surface area contributed by atoms with E-state index in [9.17, 15) is 19.6 Å². The fraction of sp³-hybridized carbons (Fsp3) is 0.571. The van der Waals surface area contributed by atoms with E-state index < -0.39 is 24.0 Å². The lowest BCUT2D eigenvalue weighted by molar-refractivity contribution is -0.203. The summed E-state index contributed by atoms with van der Waals surface area (Å²) in [5, 5.41) is 10.6. The molecule has 1 aromatic carbocycles. The van der Waals surface area contributed by atoms with Crippen molar-refractivity contribution in [2.45, 2.75) is 25.3 Å². The second-order valence-corrected chi connectivity index (χ2v) is 8.50. The van der Waals surface area contributed by atoms with Gasteiger partial charge in [0.2, 0.25) is 11.8 Å². The van der Waals surface area contributed by atoms with Gasteiger partial charge in [-0.25, -0.2) is 10.3 Å². The molecular weight excluding hydrogens is 404 g/mol. The second kappa shape index (κ2) is 8.72. The lowest BCUT2D eigenvalue weighted by atomic mass is 9.81. The summed E-state index contributed by atoms with van der Waals surface area (Å²) in [6.07, 6.45) is 1.27. The molecule has 0 bridgehead atoms. The molecule has 3 aliphatic rings. The number of amides is 2. The van der Waals surface area contributed by atoms with E-state index >= 15 is 0 Å². The SMILES string of the molecule is COC(=O)ON1CC2(CC2)C[C@H](C(=O)NO)[C@H]1C(=O)N1CCN(c2ccccc2)CC1. The third-order valence-electron chi connectivity index (χ3n) is 6.56. The maximum absolute atomic E-state index is 13.5. The molecule has 2 N–H and O–H groups in total. The number of anilines is 1. The van der Waals surface area contributed by atoms with E-state index in [1.165, 1.54) is 12.2 Å². The van der Waals surface area contributed by atoms with Gasteiger partial charge >= 0.3 is 6.16 Å². The standard InChI is InChI=1S/C21H28N4O6/c1-30-20(28)31-25-14-21(7-8-21)13-16(18(26)22-29)17(25)19(27)24-11-9-23(10-12-24)15-5-3-2-4-6-15/h2-6,16-17,29H,7-14H2,1H3,(H,22,26)/t16-,17-/m0/s1. The van der Waals surface area contributed by atoms with Crippen LogP contribution < -0.4 is 10.4 Å². The highest BCUT2D eigenvalue weighted by Crippen LogP contribution is 2.55. The Bertz CT molecular complexity index is 822. The van der Waals surface area contributed by atoms with Gasteiger partial charge in [0.1, 0.15) is 6.04 Å². The van der Waals surface area contributed by atoms with Crippen LogP contribution in [0.15, 0.2) is 30.3 Å². The molecule has 4 rings (SSSR count). The number of hydrogen-bond acceptors (Lipinski definition) is 8. The van der Waals surface area contributed by atoms with Crippen LogP contribution in [0.3, 0.4) is 0 Å². The molecule has 2 atom stereocenters. The summed E-state index contributed by atoms with van der Waals surface area (Å²) >= 11 is 0. The Hall–Kier alpha value is -2.85. The zero-order valence-corrected chi connectivity index (χ0v) is 17.5. The van der Waals surface area contributed by atoms with E-state index in [0.29, 0.717) is 39.1 Å². The average Bonchev–Trinajstić information content (AvgIpc) is 3.56. The van der Waals surface area contributed by atoms with Crippen molar-refractivity contribution < 1.29 is 29.2 Å². The molecule has 168 valence electrons. The molecule has 0 aromatic heterocycles. The number of nitrogens with one attached hydrogen (secondary N) is 1. The van der Waals surface area contributed by atoms with E-state index in [1.54, 1.807) is 10.4 Å². The van der Waals surface area contributed by atoms with Crippen LogP contribution >= 0.6 is 0 Å². The van der Waals surface area contributed by atoms with E-state index in [4.69, 9.17) is 4.84 Å². The minimum Gasteiger partial charge on any atom is -0.436 e. The molecule has 10 heteroatoms. The predicted molar refractivity (Wildman–Crippen MR) is 109 cm³/mol. The van der Waals surface area contributed by atoms with E-state index in [0.717, 1.165) is 18.5 Å². The first kappa shape index (κ1) is 21.4. The lowest BCUT2D eigenvalue weighted by Crippen LogP contribution is -2.62. The van der Waals surface area contributed by atoms with Crippen LogP contribution in [0, 0.1) is 11.3 Å². The Morgan fingerprint density at radius 2 is 1.77 bits per heavy atom. The number of hydrogen-bond donors (Lipinski definition) is 2. The number of methoxy groups -OCH3 is 1. The third kappa shape index (κ3) is 4.45. The van der Waals surface area contributed by atoms with Gasteiger partial charge in [0.25, 0.3) is 0 Å². The highest BCUT2D eigenvalue weighted by molar-refractivity contribution is 5.90. The molecule has 2 heterocycles. The zero-order valence-electron chi connectivity index (χ0n) is 17.5. The molecule has 3 fully saturated rings. The number of rotatable bonds is 4. The Morgan fingerprint density at radius 3 is 2.35 bits per heavy atom. The van der Waals surface area contributed by atoms with E-state index in [2.05, 4.69) is 9.64 Å². The fourth-order valence-electron chi connectivity index (χ4n) is 4.66. The van der Waals surface area contributed by atoms with Crippen LogP contribution in [0.2, 0.25) is 0 Å². The number of carbonyl (C=O) groups is 3. The summed E-state index contributed by atoms with van der Waals surface area (Å²) in [6, 6.07) is 8.95. The summed E-state index contributed by atoms with van der Waals surface area (Å²) in [5.74, 6) is -1.77. The first-order chi connectivity index (χ1) is 15.0. The van der Waals surface area contributed by atoms with Crippen molar-refractivity contribution in [3.63, 3.8) is 0 Å². The Balaban J connectivity index is 1.51. The van der Waals surface area contributed by atoms with Gasteiger partial charge in [-0.15, -0.1) is 5.06 Å². The first-order valence-electron chi connectivity index (χ1n) is 10.5. The normalized spacial score (nSPS) is 25.1. The highest BCUT2D eigenvalue weighted by Gasteiger charge is 2.57. The van der Waals surface area contributed by atoms with Gasteiger partial charge in [-0.2, -0.15) is 0 Å². The van der Waals surface area contributed by atoms with Gasteiger partial charge in [0.05, 0.1) is 13.0 Å².